The van der Waals surface area contributed by atoms with E-state index in [1.165, 1.54) is 0 Å². The van der Waals surface area contributed by atoms with Crippen LogP contribution in [0.1, 0.15) is 45.4 Å². The standard InChI is InChI=1S/C22H22N4O2/c23-20(27)19-18(15-8-3-1-4-9-15)24-21(25-19)17-12-7-13-26(14-17)22(28)16-10-5-2-6-11-16/h1-6,8-11,17H,7,12-14H2,(H2,23,27)(H,24,25)/t17-/m0/s1. The first-order valence-electron chi connectivity index (χ1n) is 9.43. The number of amides is 2. The van der Waals surface area contributed by atoms with Crippen LogP contribution in [0.5, 0.6) is 0 Å². The normalized spacial score (nSPS) is 16.7. The molecule has 28 heavy (non-hydrogen) atoms. The second-order valence-electron chi connectivity index (χ2n) is 7.03. The lowest BCUT2D eigenvalue weighted by atomic mass is 9.96. The van der Waals surface area contributed by atoms with Crippen LogP contribution in [-0.4, -0.2) is 39.8 Å². The number of aromatic amines is 1. The minimum Gasteiger partial charge on any atom is -0.364 e. The largest absolute Gasteiger partial charge is 0.364 e. The van der Waals surface area contributed by atoms with Gasteiger partial charge in [-0.15, -0.1) is 0 Å². The maximum absolute atomic E-state index is 12.8. The van der Waals surface area contributed by atoms with E-state index in [1.54, 1.807) is 0 Å². The predicted molar refractivity (Wildman–Crippen MR) is 107 cm³/mol. The number of imidazole rings is 1. The quantitative estimate of drug-likeness (QED) is 0.734. The van der Waals surface area contributed by atoms with Gasteiger partial charge in [-0.3, -0.25) is 9.59 Å². The number of H-pyrrole nitrogens is 1. The van der Waals surface area contributed by atoms with Gasteiger partial charge in [-0.2, -0.15) is 0 Å². The summed E-state index contributed by atoms with van der Waals surface area (Å²) in [6.45, 7) is 1.28. The molecule has 2 heterocycles. The van der Waals surface area contributed by atoms with Crippen LogP contribution < -0.4 is 5.73 Å². The summed E-state index contributed by atoms with van der Waals surface area (Å²) in [5, 5.41) is 0. The molecule has 6 heteroatoms. The highest BCUT2D eigenvalue weighted by Gasteiger charge is 2.29. The minimum absolute atomic E-state index is 0.0234. The molecule has 2 aromatic carbocycles. The number of hydrogen-bond acceptors (Lipinski definition) is 3. The summed E-state index contributed by atoms with van der Waals surface area (Å²) in [4.78, 5) is 34.4. The van der Waals surface area contributed by atoms with Crippen molar-refractivity contribution in [2.45, 2.75) is 18.8 Å². The summed E-state index contributed by atoms with van der Waals surface area (Å²) in [7, 11) is 0. The van der Waals surface area contributed by atoms with Gasteiger partial charge in [-0.25, -0.2) is 4.98 Å². The highest BCUT2D eigenvalue weighted by atomic mass is 16.2. The fourth-order valence-corrected chi connectivity index (χ4v) is 3.72. The Labute approximate surface area is 163 Å². The lowest BCUT2D eigenvalue weighted by Crippen LogP contribution is -2.39. The van der Waals surface area contributed by atoms with Gasteiger partial charge in [0.2, 0.25) is 0 Å². The molecule has 1 aliphatic heterocycles. The summed E-state index contributed by atoms with van der Waals surface area (Å²) in [6, 6.07) is 18.8. The van der Waals surface area contributed by atoms with Crippen molar-refractivity contribution in [1.82, 2.24) is 14.9 Å². The molecule has 1 aliphatic rings. The lowest BCUT2D eigenvalue weighted by Gasteiger charge is -2.32. The number of rotatable bonds is 4. The number of nitrogens with one attached hydrogen (secondary N) is 1. The van der Waals surface area contributed by atoms with E-state index in [9.17, 15) is 9.59 Å². The van der Waals surface area contributed by atoms with Crippen LogP contribution in [-0.2, 0) is 0 Å². The smallest absolute Gasteiger partial charge is 0.267 e. The van der Waals surface area contributed by atoms with Crippen molar-refractivity contribution in [3.05, 3.63) is 77.7 Å². The van der Waals surface area contributed by atoms with E-state index in [2.05, 4.69) is 4.98 Å². The van der Waals surface area contributed by atoms with Crippen molar-refractivity contribution in [1.29, 1.82) is 0 Å². The van der Waals surface area contributed by atoms with Gasteiger partial charge >= 0.3 is 0 Å². The van der Waals surface area contributed by atoms with Crippen LogP contribution in [0.25, 0.3) is 11.3 Å². The van der Waals surface area contributed by atoms with Crippen molar-refractivity contribution in [2.24, 2.45) is 5.73 Å². The molecule has 142 valence electrons. The van der Waals surface area contributed by atoms with Gasteiger partial charge in [-0.05, 0) is 25.0 Å². The van der Waals surface area contributed by atoms with Gasteiger partial charge in [-0.1, -0.05) is 48.5 Å². The zero-order valence-corrected chi connectivity index (χ0v) is 15.5. The molecule has 1 aromatic heterocycles. The number of likely N-dealkylation sites (tertiary alicyclic amines) is 1. The minimum atomic E-state index is -0.536. The fourth-order valence-electron chi connectivity index (χ4n) is 3.72. The number of hydrogen-bond donors (Lipinski definition) is 2. The van der Waals surface area contributed by atoms with Crippen LogP contribution in [0.2, 0.25) is 0 Å². The number of carbonyl (C=O) groups is 2. The third-order valence-corrected chi connectivity index (χ3v) is 5.13. The zero-order chi connectivity index (χ0) is 19.5. The third kappa shape index (κ3) is 3.53. The third-order valence-electron chi connectivity index (χ3n) is 5.13. The van der Waals surface area contributed by atoms with Crippen LogP contribution in [0, 0.1) is 0 Å². The molecule has 1 fully saturated rings. The molecule has 0 unspecified atom stereocenters. The maximum Gasteiger partial charge on any atom is 0.267 e. The average molecular weight is 374 g/mol. The molecule has 0 spiro atoms. The highest BCUT2D eigenvalue weighted by molar-refractivity contribution is 5.97. The summed E-state index contributed by atoms with van der Waals surface area (Å²) in [5.74, 6) is 0.232. The molecule has 0 radical (unpaired) electrons. The van der Waals surface area contributed by atoms with E-state index in [1.807, 2.05) is 65.6 Å². The molecular formula is C22H22N4O2. The van der Waals surface area contributed by atoms with E-state index >= 15 is 0 Å². The predicted octanol–water partition coefficient (Wildman–Crippen LogP) is 3.20. The summed E-state index contributed by atoms with van der Waals surface area (Å²) in [5.41, 5.74) is 7.97. The van der Waals surface area contributed by atoms with Gasteiger partial charge in [0.05, 0.1) is 0 Å². The fraction of sp³-hybridized carbons (Fsp3) is 0.227. The van der Waals surface area contributed by atoms with E-state index in [4.69, 9.17) is 10.7 Å². The number of benzene rings is 2. The Morgan fingerprint density at radius 3 is 2.39 bits per heavy atom. The Morgan fingerprint density at radius 1 is 1.04 bits per heavy atom. The molecular weight excluding hydrogens is 352 g/mol. The van der Waals surface area contributed by atoms with Gasteiger partial charge in [0, 0.05) is 30.1 Å². The molecule has 1 atom stereocenters. The maximum atomic E-state index is 12.8. The van der Waals surface area contributed by atoms with Crippen LogP contribution in [0.4, 0.5) is 0 Å². The molecule has 0 aliphatic carbocycles. The van der Waals surface area contributed by atoms with E-state index in [-0.39, 0.29) is 11.8 Å². The zero-order valence-electron chi connectivity index (χ0n) is 15.5. The van der Waals surface area contributed by atoms with E-state index in [0.29, 0.717) is 29.3 Å². The molecule has 4 rings (SSSR count). The molecule has 3 aromatic rings. The van der Waals surface area contributed by atoms with Gasteiger partial charge in [0.25, 0.3) is 11.8 Å². The second kappa shape index (κ2) is 7.68. The number of primary amides is 1. The van der Waals surface area contributed by atoms with Crippen molar-refractivity contribution >= 4 is 11.8 Å². The number of aromatic nitrogens is 2. The van der Waals surface area contributed by atoms with E-state index < -0.39 is 5.91 Å². The molecule has 2 amide bonds. The Bertz CT molecular complexity index is 982. The van der Waals surface area contributed by atoms with Crippen molar-refractivity contribution in [2.75, 3.05) is 13.1 Å². The van der Waals surface area contributed by atoms with Gasteiger partial charge in [0.1, 0.15) is 17.2 Å². The van der Waals surface area contributed by atoms with Crippen LogP contribution in [0.15, 0.2) is 60.7 Å². The number of carbonyl (C=O) groups excluding carboxylic acids is 2. The van der Waals surface area contributed by atoms with Crippen molar-refractivity contribution < 1.29 is 9.59 Å². The molecule has 1 saturated heterocycles. The molecule has 0 saturated carbocycles. The Hall–Kier alpha value is -3.41. The van der Waals surface area contributed by atoms with Crippen LogP contribution in [0.3, 0.4) is 0 Å². The number of piperidine rings is 1. The highest BCUT2D eigenvalue weighted by Crippen LogP contribution is 2.30. The molecule has 0 bridgehead atoms. The van der Waals surface area contributed by atoms with Gasteiger partial charge in [0.15, 0.2) is 0 Å². The number of nitrogens with zero attached hydrogens (tertiary/aromatic N) is 2. The monoisotopic (exact) mass is 374 g/mol. The summed E-state index contributed by atoms with van der Waals surface area (Å²) in [6.07, 6.45) is 1.79. The van der Waals surface area contributed by atoms with Crippen molar-refractivity contribution in [3.63, 3.8) is 0 Å². The molecule has 3 N–H and O–H groups in total. The number of nitrogens with two attached hydrogens (primary N) is 1. The van der Waals surface area contributed by atoms with E-state index in [0.717, 1.165) is 24.9 Å². The van der Waals surface area contributed by atoms with Gasteiger partial charge < -0.3 is 15.6 Å². The molecule has 6 nitrogen and oxygen atoms in total. The average Bonchev–Trinajstić information content (AvgIpc) is 3.21. The Morgan fingerprint density at radius 2 is 1.71 bits per heavy atom. The second-order valence-corrected chi connectivity index (χ2v) is 7.03. The summed E-state index contributed by atoms with van der Waals surface area (Å²) < 4.78 is 0. The topological polar surface area (TPSA) is 92.1 Å². The van der Waals surface area contributed by atoms with Crippen LogP contribution >= 0.6 is 0 Å². The first-order chi connectivity index (χ1) is 13.6. The SMILES string of the molecule is NC(=O)c1[nH]c([C@H]2CCCN(C(=O)c3ccccc3)C2)nc1-c1ccccc1. The lowest BCUT2D eigenvalue weighted by molar-refractivity contribution is 0.0704. The first kappa shape index (κ1) is 18.0. The van der Waals surface area contributed by atoms with Crippen molar-refractivity contribution in [3.8, 4) is 11.3 Å². The first-order valence-corrected chi connectivity index (χ1v) is 9.43. The summed E-state index contributed by atoms with van der Waals surface area (Å²) >= 11 is 0. The Kier molecular flexibility index (Phi) is 4.93. The Balaban J connectivity index is 1.60.